The summed E-state index contributed by atoms with van der Waals surface area (Å²) in [5.74, 6) is 6.27. The molecule has 1 heterocycles. The summed E-state index contributed by atoms with van der Waals surface area (Å²) < 4.78 is 0. The van der Waals surface area contributed by atoms with Crippen molar-refractivity contribution < 1.29 is 0 Å². The molecule has 4 heteroatoms. The summed E-state index contributed by atoms with van der Waals surface area (Å²) in [5, 5.41) is 2.08. The van der Waals surface area contributed by atoms with Crippen LogP contribution in [0.2, 0.25) is 0 Å². The SMILES string of the molecule is CCCN=C(NN)c1sccc1CC. The van der Waals surface area contributed by atoms with Gasteiger partial charge in [-0.25, -0.2) is 5.84 Å². The number of hydrogen-bond acceptors (Lipinski definition) is 3. The fourth-order valence-electron chi connectivity index (χ4n) is 1.23. The van der Waals surface area contributed by atoms with Gasteiger partial charge in [0.15, 0.2) is 5.84 Å². The summed E-state index contributed by atoms with van der Waals surface area (Å²) in [5.41, 5.74) is 3.98. The normalized spacial score (nSPS) is 11.8. The maximum Gasteiger partial charge on any atom is 0.153 e. The zero-order valence-corrected chi connectivity index (χ0v) is 9.53. The second-order valence-electron chi connectivity index (χ2n) is 3.00. The molecule has 0 spiro atoms. The van der Waals surface area contributed by atoms with E-state index in [1.54, 1.807) is 11.3 Å². The number of amidine groups is 1. The molecule has 0 amide bonds. The van der Waals surface area contributed by atoms with Gasteiger partial charge in [0.25, 0.3) is 0 Å². The van der Waals surface area contributed by atoms with Gasteiger partial charge in [0.1, 0.15) is 0 Å². The van der Waals surface area contributed by atoms with Crippen LogP contribution >= 0.6 is 11.3 Å². The molecule has 3 nitrogen and oxygen atoms in total. The second kappa shape index (κ2) is 5.78. The van der Waals surface area contributed by atoms with E-state index in [0.717, 1.165) is 25.2 Å². The Morgan fingerprint density at radius 2 is 2.36 bits per heavy atom. The monoisotopic (exact) mass is 211 g/mol. The molecule has 0 aromatic carbocycles. The number of nitrogens with one attached hydrogen (secondary N) is 1. The van der Waals surface area contributed by atoms with Gasteiger partial charge in [-0.2, -0.15) is 0 Å². The third kappa shape index (κ3) is 2.56. The van der Waals surface area contributed by atoms with Crippen LogP contribution in [0, 0.1) is 0 Å². The van der Waals surface area contributed by atoms with Gasteiger partial charge in [-0.05, 0) is 29.9 Å². The largest absolute Gasteiger partial charge is 0.308 e. The Morgan fingerprint density at radius 3 is 2.93 bits per heavy atom. The molecule has 0 aliphatic carbocycles. The standard InChI is InChI=1S/C10H17N3S/c1-3-6-12-10(13-11)9-8(4-2)5-7-14-9/h5,7H,3-4,6,11H2,1-2H3,(H,12,13). The van der Waals surface area contributed by atoms with Gasteiger partial charge < -0.3 is 5.43 Å². The van der Waals surface area contributed by atoms with Gasteiger partial charge in [0.2, 0.25) is 0 Å². The molecule has 0 bridgehead atoms. The van der Waals surface area contributed by atoms with Gasteiger partial charge in [-0.3, -0.25) is 4.99 Å². The molecular formula is C10H17N3S. The lowest BCUT2D eigenvalue weighted by molar-refractivity contribution is 0.907. The van der Waals surface area contributed by atoms with Crippen molar-refractivity contribution in [2.24, 2.45) is 10.8 Å². The van der Waals surface area contributed by atoms with Crippen LogP contribution in [0.25, 0.3) is 0 Å². The molecule has 0 unspecified atom stereocenters. The first-order valence-corrected chi connectivity index (χ1v) is 5.79. The minimum Gasteiger partial charge on any atom is -0.308 e. The predicted octanol–water partition coefficient (Wildman–Crippen LogP) is 1.93. The first-order chi connectivity index (χ1) is 6.83. The quantitative estimate of drug-likeness (QED) is 0.346. The lowest BCUT2D eigenvalue weighted by Crippen LogP contribution is -2.31. The zero-order chi connectivity index (χ0) is 10.4. The van der Waals surface area contributed by atoms with Crippen LogP contribution in [-0.4, -0.2) is 12.4 Å². The maximum atomic E-state index is 5.45. The van der Waals surface area contributed by atoms with Crippen molar-refractivity contribution in [2.75, 3.05) is 6.54 Å². The van der Waals surface area contributed by atoms with Crippen molar-refractivity contribution in [3.8, 4) is 0 Å². The van der Waals surface area contributed by atoms with Crippen LogP contribution < -0.4 is 11.3 Å². The molecule has 0 aliphatic heterocycles. The highest BCUT2D eigenvalue weighted by molar-refractivity contribution is 7.12. The number of aryl methyl sites for hydroxylation is 1. The van der Waals surface area contributed by atoms with Crippen LogP contribution in [0.3, 0.4) is 0 Å². The number of aliphatic imine (C=N–C) groups is 1. The van der Waals surface area contributed by atoms with Crippen molar-refractivity contribution in [1.82, 2.24) is 5.43 Å². The van der Waals surface area contributed by atoms with Crippen molar-refractivity contribution in [1.29, 1.82) is 0 Å². The lowest BCUT2D eigenvalue weighted by atomic mass is 10.2. The van der Waals surface area contributed by atoms with Crippen LogP contribution in [0.5, 0.6) is 0 Å². The Balaban J connectivity index is 2.88. The fourth-order valence-corrected chi connectivity index (χ4v) is 2.20. The molecule has 0 atom stereocenters. The molecule has 1 aromatic rings. The number of rotatable bonds is 4. The number of nitrogens with zero attached hydrogens (tertiary/aromatic N) is 1. The number of hydrazine groups is 1. The van der Waals surface area contributed by atoms with Gasteiger partial charge >= 0.3 is 0 Å². The highest BCUT2D eigenvalue weighted by atomic mass is 32.1. The molecule has 0 fully saturated rings. The van der Waals surface area contributed by atoms with E-state index in [1.165, 1.54) is 10.4 Å². The summed E-state index contributed by atoms with van der Waals surface area (Å²) in [6, 6.07) is 2.12. The molecule has 1 rings (SSSR count). The minimum atomic E-state index is 0.818. The molecule has 0 saturated heterocycles. The van der Waals surface area contributed by atoms with Crippen molar-refractivity contribution in [3.05, 3.63) is 21.9 Å². The summed E-state index contributed by atoms with van der Waals surface area (Å²) in [7, 11) is 0. The van der Waals surface area contributed by atoms with Crippen molar-refractivity contribution in [3.63, 3.8) is 0 Å². The first-order valence-electron chi connectivity index (χ1n) is 4.91. The van der Waals surface area contributed by atoms with Gasteiger partial charge in [0, 0.05) is 6.54 Å². The number of nitrogens with two attached hydrogens (primary N) is 1. The zero-order valence-electron chi connectivity index (χ0n) is 8.71. The predicted molar refractivity (Wildman–Crippen MR) is 62.7 cm³/mol. The average molecular weight is 211 g/mol. The molecule has 14 heavy (non-hydrogen) atoms. The van der Waals surface area contributed by atoms with Crippen LogP contribution in [0.4, 0.5) is 0 Å². The lowest BCUT2D eigenvalue weighted by Gasteiger charge is -2.05. The van der Waals surface area contributed by atoms with Gasteiger partial charge in [0.05, 0.1) is 4.88 Å². The van der Waals surface area contributed by atoms with Crippen LogP contribution in [0.15, 0.2) is 16.4 Å². The fraction of sp³-hybridized carbons (Fsp3) is 0.500. The minimum absolute atomic E-state index is 0.818. The van der Waals surface area contributed by atoms with Crippen molar-refractivity contribution in [2.45, 2.75) is 26.7 Å². The topological polar surface area (TPSA) is 50.4 Å². The third-order valence-corrected chi connectivity index (χ3v) is 2.94. The summed E-state index contributed by atoms with van der Waals surface area (Å²) >= 11 is 1.68. The van der Waals surface area contributed by atoms with E-state index >= 15 is 0 Å². The number of thiophene rings is 1. The van der Waals surface area contributed by atoms with E-state index in [2.05, 4.69) is 35.7 Å². The highest BCUT2D eigenvalue weighted by Gasteiger charge is 2.07. The Bertz CT molecular complexity index is 304. The Kier molecular flexibility index (Phi) is 4.62. The molecule has 0 radical (unpaired) electrons. The highest BCUT2D eigenvalue weighted by Crippen LogP contribution is 2.17. The second-order valence-corrected chi connectivity index (χ2v) is 3.92. The van der Waals surface area contributed by atoms with E-state index in [0.29, 0.717) is 0 Å². The van der Waals surface area contributed by atoms with Crippen LogP contribution in [0.1, 0.15) is 30.7 Å². The molecule has 0 aliphatic rings. The molecule has 0 saturated carbocycles. The molecule has 78 valence electrons. The molecule has 1 aromatic heterocycles. The smallest absolute Gasteiger partial charge is 0.153 e. The Morgan fingerprint density at radius 1 is 1.57 bits per heavy atom. The first kappa shape index (κ1) is 11.2. The van der Waals surface area contributed by atoms with E-state index in [1.807, 2.05) is 0 Å². The van der Waals surface area contributed by atoms with E-state index < -0.39 is 0 Å². The number of hydrogen-bond donors (Lipinski definition) is 2. The maximum absolute atomic E-state index is 5.45. The van der Waals surface area contributed by atoms with Crippen LogP contribution in [-0.2, 0) is 6.42 Å². The van der Waals surface area contributed by atoms with Gasteiger partial charge in [-0.15, -0.1) is 11.3 Å². The summed E-state index contributed by atoms with van der Waals surface area (Å²) in [4.78, 5) is 5.57. The summed E-state index contributed by atoms with van der Waals surface area (Å²) in [6.45, 7) is 5.06. The summed E-state index contributed by atoms with van der Waals surface area (Å²) in [6.07, 6.45) is 2.06. The molecule has 3 N–H and O–H groups in total. The Labute approximate surface area is 89.0 Å². The van der Waals surface area contributed by atoms with E-state index in [-0.39, 0.29) is 0 Å². The Hall–Kier alpha value is -0.870. The van der Waals surface area contributed by atoms with Gasteiger partial charge in [-0.1, -0.05) is 13.8 Å². The van der Waals surface area contributed by atoms with E-state index in [4.69, 9.17) is 5.84 Å². The third-order valence-electron chi connectivity index (χ3n) is 1.97. The van der Waals surface area contributed by atoms with E-state index in [9.17, 15) is 0 Å². The average Bonchev–Trinajstić information content (AvgIpc) is 2.67. The van der Waals surface area contributed by atoms with Crippen molar-refractivity contribution >= 4 is 17.2 Å². The molecular weight excluding hydrogens is 194 g/mol.